The molecule has 0 radical (unpaired) electrons. The van der Waals surface area contributed by atoms with Crippen molar-refractivity contribution in [3.63, 3.8) is 0 Å². The maximum atomic E-state index is 13.8. The number of hydrogen-bond donors (Lipinski definition) is 1. The SMILES string of the molecule is O=C1[C@@H]2Cc3c([nH]c4ccccc34)[C@H](c3cccc([N+](=O)[O-])c3)N2C(=O)CN1Cc1ccccc1Cl. The smallest absolute Gasteiger partial charge is 0.269 e. The number of nitro benzene ring substituents is 1. The zero-order chi connectivity index (χ0) is 25.0. The van der Waals surface area contributed by atoms with Crippen LogP contribution >= 0.6 is 11.6 Å². The van der Waals surface area contributed by atoms with E-state index in [9.17, 15) is 19.7 Å². The lowest BCUT2D eigenvalue weighted by Gasteiger charge is -2.47. The molecule has 2 amide bonds. The van der Waals surface area contributed by atoms with E-state index in [0.29, 0.717) is 17.0 Å². The number of nitrogens with zero attached hydrogens (tertiary/aromatic N) is 3. The minimum absolute atomic E-state index is 0.0663. The number of para-hydroxylation sites is 1. The number of aromatic nitrogens is 1. The van der Waals surface area contributed by atoms with E-state index in [4.69, 9.17) is 11.6 Å². The second-order valence-corrected chi connectivity index (χ2v) is 9.53. The molecule has 1 aromatic heterocycles. The molecular weight excluding hydrogens is 480 g/mol. The Hall–Kier alpha value is -4.17. The van der Waals surface area contributed by atoms with Gasteiger partial charge in [0, 0.05) is 46.7 Å². The molecule has 0 aliphatic carbocycles. The van der Waals surface area contributed by atoms with Crippen LogP contribution in [0.25, 0.3) is 10.9 Å². The first-order valence-corrected chi connectivity index (χ1v) is 12.0. The van der Waals surface area contributed by atoms with E-state index in [2.05, 4.69) is 4.98 Å². The molecule has 6 rings (SSSR count). The number of piperazine rings is 1. The summed E-state index contributed by atoms with van der Waals surface area (Å²) in [6.07, 6.45) is 0.356. The van der Waals surface area contributed by atoms with Crippen molar-refractivity contribution in [3.8, 4) is 0 Å². The third-order valence-corrected chi connectivity index (χ3v) is 7.43. The Labute approximate surface area is 211 Å². The standard InChI is InChI=1S/C27H21ClN4O4/c28-21-10-3-1-6-17(21)14-30-15-24(33)31-23(27(30)34)13-20-19-9-2-4-11-22(19)29-25(20)26(31)16-7-5-8-18(12-16)32(35)36/h1-12,23,26,29H,13-15H2/t23-,26-/m0/s1. The highest BCUT2D eigenvalue weighted by Gasteiger charge is 2.48. The van der Waals surface area contributed by atoms with Gasteiger partial charge in [0.1, 0.15) is 12.6 Å². The number of nitro groups is 1. The summed E-state index contributed by atoms with van der Waals surface area (Å²) in [5, 5.41) is 13.0. The molecule has 36 heavy (non-hydrogen) atoms. The number of non-ortho nitro benzene ring substituents is 1. The van der Waals surface area contributed by atoms with Gasteiger partial charge in [0.05, 0.1) is 11.0 Å². The summed E-state index contributed by atoms with van der Waals surface area (Å²) in [5.74, 6) is -0.381. The van der Waals surface area contributed by atoms with E-state index in [1.165, 1.54) is 12.1 Å². The summed E-state index contributed by atoms with van der Waals surface area (Å²) < 4.78 is 0. The van der Waals surface area contributed by atoms with E-state index in [0.717, 1.165) is 27.7 Å². The van der Waals surface area contributed by atoms with Gasteiger partial charge in [-0.15, -0.1) is 0 Å². The van der Waals surface area contributed by atoms with E-state index < -0.39 is 17.0 Å². The molecule has 0 unspecified atom stereocenters. The molecule has 3 heterocycles. The Morgan fingerprint density at radius 1 is 1.03 bits per heavy atom. The molecule has 1 fully saturated rings. The van der Waals surface area contributed by atoms with Crippen molar-refractivity contribution in [2.45, 2.75) is 25.0 Å². The third-order valence-electron chi connectivity index (χ3n) is 7.06. The van der Waals surface area contributed by atoms with Gasteiger partial charge in [-0.3, -0.25) is 19.7 Å². The normalized spacial score (nSPS) is 19.4. The average Bonchev–Trinajstić information content (AvgIpc) is 3.25. The Bertz CT molecular complexity index is 1550. The van der Waals surface area contributed by atoms with Crippen molar-refractivity contribution in [2.75, 3.05) is 6.54 Å². The van der Waals surface area contributed by atoms with E-state index in [-0.39, 0.29) is 30.6 Å². The summed E-state index contributed by atoms with van der Waals surface area (Å²) in [5.41, 5.74) is 3.92. The van der Waals surface area contributed by atoms with Crippen molar-refractivity contribution in [2.24, 2.45) is 0 Å². The number of halogens is 1. The van der Waals surface area contributed by atoms with Gasteiger partial charge in [-0.05, 0) is 28.8 Å². The highest BCUT2D eigenvalue weighted by atomic mass is 35.5. The Morgan fingerprint density at radius 2 is 1.81 bits per heavy atom. The van der Waals surface area contributed by atoms with Gasteiger partial charge in [0.25, 0.3) is 5.69 Å². The quantitative estimate of drug-likeness (QED) is 0.326. The number of fused-ring (bicyclic) bond motifs is 4. The van der Waals surface area contributed by atoms with Gasteiger partial charge in [-0.1, -0.05) is 60.1 Å². The largest absolute Gasteiger partial charge is 0.356 e. The van der Waals surface area contributed by atoms with Gasteiger partial charge in [0.15, 0.2) is 0 Å². The predicted octanol–water partition coefficient (Wildman–Crippen LogP) is 4.61. The van der Waals surface area contributed by atoms with Gasteiger partial charge < -0.3 is 14.8 Å². The van der Waals surface area contributed by atoms with Crippen LogP contribution in [0.5, 0.6) is 0 Å². The molecule has 9 heteroatoms. The summed E-state index contributed by atoms with van der Waals surface area (Å²) in [6.45, 7) is 0.137. The van der Waals surface area contributed by atoms with Crippen LogP contribution < -0.4 is 0 Å². The number of amides is 2. The lowest BCUT2D eigenvalue weighted by Crippen LogP contribution is -2.62. The lowest BCUT2D eigenvalue weighted by atomic mass is 9.86. The molecule has 0 spiro atoms. The minimum atomic E-state index is -0.732. The lowest BCUT2D eigenvalue weighted by molar-refractivity contribution is -0.384. The molecule has 0 bridgehead atoms. The zero-order valence-electron chi connectivity index (χ0n) is 19.1. The van der Waals surface area contributed by atoms with Crippen LogP contribution in [0.4, 0.5) is 5.69 Å². The molecule has 1 saturated heterocycles. The number of aromatic amines is 1. The van der Waals surface area contributed by atoms with Crippen LogP contribution in [0.3, 0.4) is 0 Å². The first kappa shape index (κ1) is 22.3. The highest BCUT2D eigenvalue weighted by molar-refractivity contribution is 6.31. The Morgan fingerprint density at radius 3 is 2.61 bits per heavy atom. The molecule has 0 saturated carbocycles. The van der Waals surface area contributed by atoms with Crippen LogP contribution in [0, 0.1) is 10.1 Å². The molecular formula is C27H21ClN4O4. The molecule has 2 aliphatic rings. The molecule has 3 aromatic carbocycles. The first-order chi connectivity index (χ1) is 17.4. The molecule has 4 aromatic rings. The maximum absolute atomic E-state index is 13.8. The van der Waals surface area contributed by atoms with Crippen LogP contribution in [-0.4, -0.2) is 44.1 Å². The van der Waals surface area contributed by atoms with Crippen molar-refractivity contribution < 1.29 is 14.5 Å². The van der Waals surface area contributed by atoms with Gasteiger partial charge in [0.2, 0.25) is 11.8 Å². The molecule has 2 atom stereocenters. The number of rotatable bonds is 4. The van der Waals surface area contributed by atoms with Crippen LogP contribution in [0.15, 0.2) is 72.8 Å². The number of benzene rings is 3. The average molecular weight is 501 g/mol. The molecule has 2 aliphatic heterocycles. The van der Waals surface area contributed by atoms with Crippen molar-refractivity contribution in [1.29, 1.82) is 0 Å². The summed E-state index contributed by atoms with van der Waals surface area (Å²) in [6, 6.07) is 20.0. The third kappa shape index (κ3) is 3.53. The van der Waals surface area contributed by atoms with Gasteiger partial charge in [-0.25, -0.2) is 0 Å². The highest BCUT2D eigenvalue weighted by Crippen LogP contribution is 2.43. The number of H-pyrrole nitrogens is 1. The van der Waals surface area contributed by atoms with Crippen LogP contribution in [0.1, 0.15) is 28.4 Å². The number of nitrogens with one attached hydrogen (secondary N) is 1. The maximum Gasteiger partial charge on any atom is 0.269 e. The zero-order valence-corrected chi connectivity index (χ0v) is 19.8. The fraction of sp³-hybridized carbons (Fsp3) is 0.185. The van der Waals surface area contributed by atoms with Gasteiger partial charge in [-0.2, -0.15) is 0 Å². The van der Waals surface area contributed by atoms with Crippen molar-refractivity contribution in [1.82, 2.24) is 14.8 Å². The topological polar surface area (TPSA) is 99.5 Å². The van der Waals surface area contributed by atoms with E-state index in [1.807, 2.05) is 42.5 Å². The second-order valence-electron chi connectivity index (χ2n) is 9.12. The molecule has 8 nitrogen and oxygen atoms in total. The summed E-state index contributed by atoms with van der Waals surface area (Å²) >= 11 is 6.33. The monoisotopic (exact) mass is 500 g/mol. The summed E-state index contributed by atoms with van der Waals surface area (Å²) in [4.78, 5) is 45.1. The Kier molecular flexibility index (Phi) is 5.26. The van der Waals surface area contributed by atoms with Crippen molar-refractivity contribution >= 4 is 40.0 Å². The Balaban J connectivity index is 1.47. The van der Waals surface area contributed by atoms with Crippen molar-refractivity contribution in [3.05, 3.63) is 110 Å². The fourth-order valence-corrected chi connectivity index (χ4v) is 5.64. The minimum Gasteiger partial charge on any atom is -0.356 e. The summed E-state index contributed by atoms with van der Waals surface area (Å²) in [7, 11) is 0. The number of carbonyl (C=O) groups is 2. The number of hydrogen-bond acceptors (Lipinski definition) is 4. The predicted molar refractivity (Wildman–Crippen MR) is 134 cm³/mol. The van der Waals surface area contributed by atoms with E-state index >= 15 is 0 Å². The number of carbonyl (C=O) groups excluding carboxylic acids is 2. The van der Waals surface area contributed by atoms with Crippen LogP contribution in [0.2, 0.25) is 5.02 Å². The first-order valence-electron chi connectivity index (χ1n) is 11.6. The molecule has 180 valence electrons. The van der Waals surface area contributed by atoms with Gasteiger partial charge >= 0.3 is 0 Å². The van der Waals surface area contributed by atoms with Crippen LogP contribution in [-0.2, 0) is 22.6 Å². The van der Waals surface area contributed by atoms with E-state index in [1.54, 1.807) is 28.0 Å². The fourth-order valence-electron chi connectivity index (χ4n) is 5.44. The molecule has 1 N–H and O–H groups in total. The second kappa shape index (κ2) is 8.49.